The number of nitrogens with zero attached hydrogens (tertiary/aromatic N) is 7. The molecule has 112 valence electrons. The van der Waals surface area contributed by atoms with E-state index >= 15 is 0 Å². The van der Waals surface area contributed by atoms with Crippen molar-refractivity contribution in [2.75, 3.05) is 42.9 Å². The molecule has 1 aliphatic rings. The molecule has 9 heteroatoms. The van der Waals surface area contributed by atoms with Gasteiger partial charge < -0.3 is 15.5 Å². The minimum atomic E-state index is 0.481. The Labute approximate surface area is 122 Å². The van der Waals surface area contributed by atoms with Crippen LogP contribution in [0, 0.1) is 0 Å². The Morgan fingerprint density at radius 3 is 2.71 bits per heavy atom. The second-order valence-corrected chi connectivity index (χ2v) is 4.76. The Bertz CT molecular complexity index is 562. The highest BCUT2D eigenvalue weighted by Crippen LogP contribution is 2.13. The fourth-order valence-electron chi connectivity index (χ4n) is 2.09. The van der Waals surface area contributed by atoms with Crippen LogP contribution in [-0.4, -0.2) is 62.4 Å². The number of aromatic nitrogens is 6. The minimum Gasteiger partial charge on any atom is -0.354 e. The summed E-state index contributed by atoms with van der Waals surface area (Å²) in [4.78, 5) is 19.5. The number of nitrogens with one attached hydrogen (secondary N) is 2. The lowest BCUT2D eigenvalue weighted by Crippen LogP contribution is -2.44. The molecule has 0 saturated carbocycles. The molecule has 0 spiro atoms. The van der Waals surface area contributed by atoms with E-state index in [4.69, 9.17) is 0 Å². The summed E-state index contributed by atoms with van der Waals surface area (Å²) in [5.41, 5.74) is 0. The molecule has 1 fully saturated rings. The first-order valence-electron chi connectivity index (χ1n) is 7.17. The van der Waals surface area contributed by atoms with Gasteiger partial charge in [-0.25, -0.2) is 4.98 Å². The molecule has 0 atom stereocenters. The Kier molecular flexibility index (Phi) is 4.20. The molecule has 3 rings (SSSR count). The van der Waals surface area contributed by atoms with Crippen molar-refractivity contribution >= 4 is 11.9 Å². The normalized spacial score (nSPS) is 15.2. The molecular weight excluding hydrogens is 270 g/mol. The van der Waals surface area contributed by atoms with Crippen LogP contribution in [0.3, 0.4) is 0 Å². The lowest BCUT2D eigenvalue weighted by atomic mass is 10.4. The standard InChI is InChI=1S/C12H19N9/c1-2-3-15-10-17-11(20-6-4-13-5-7-20)19-12(18-10)21-9-14-8-16-21/h8-9,13H,2-7H2,1H3,(H,15,17,18,19). The van der Waals surface area contributed by atoms with Gasteiger partial charge in [-0.1, -0.05) is 6.92 Å². The monoisotopic (exact) mass is 289 g/mol. The van der Waals surface area contributed by atoms with Crippen LogP contribution in [0.5, 0.6) is 0 Å². The molecule has 2 aromatic heterocycles. The lowest BCUT2D eigenvalue weighted by molar-refractivity contribution is 0.577. The first-order valence-corrected chi connectivity index (χ1v) is 7.17. The fourth-order valence-corrected chi connectivity index (χ4v) is 2.09. The topological polar surface area (TPSA) is 96.7 Å². The van der Waals surface area contributed by atoms with Gasteiger partial charge in [-0.15, -0.1) is 0 Å². The molecule has 0 aliphatic carbocycles. The highest BCUT2D eigenvalue weighted by molar-refractivity contribution is 5.40. The minimum absolute atomic E-state index is 0.481. The summed E-state index contributed by atoms with van der Waals surface area (Å²) in [6, 6.07) is 0. The Balaban J connectivity index is 1.92. The quantitative estimate of drug-likeness (QED) is 0.773. The third kappa shape index (κ3) is 3.24. The first-order chi connectivity index (χ1) is 10.4. The largest absolute Gasteiger partial charge is 0.354 e. The van der Waals surface area contributed by atoms with Crippen molar-refractivity contribution in [2.24, 2.45) is 0 Å². The van der Waals surface area contributed by atoms with Crippen LogP contribution in [0.15, 0.2) is 12.7 Å². The van der Waals surface area contributed by atoms with E-state index < -0.39 is 0 Å². The number of rotatable bonds is 5. The highest BCUT2D eigenvalue weighted by Gasteiger charge is 2.16. The van der Waals surface area contributed by atoms with E-state index in [0.29, 0.717) is 17.8 Å². The molecule has 1 saturated heterocycles. The van der Waals surface area contributed by atoms with Crippen molar-refractivity contribution in [1.82, 2.24) is 35.0 Å². The zero-order valence-corrected chi connectivity index (χ0v) is 12.0. The second-order valence-electron chi connectivity index (χ2n) is 4.76. The number of hydrogen-bond acceptors (Lipinski definition) is 8. The van der Waals surface area contributed by atoms with E-state index in [0.717, 1.165) is 39.1 Å². The third-order valence-corrected chi connectivity index (χ3v) is 3.17. The molecular formula is C12H19N9. The Morgan fingerprint density at radius 1 is 1.19 bits per heavy atom. The van der Waals surface area contributed by atoms with Crippen molar-refractivity contribution in [1.29, 1.82) is 0 Å². The summed E-state index contributed by atoms with van der Waals surface area (Å²) < 4.78 is 1.55. The maximum absolute atomic E-state index is 4.51. The van der Waals surface area contributed by atoms with Crippen molar-refractivity contribution in [3.05, 3.63) is 12.7 Å². The summed E-state index contributed by atoms with van der Waals surface area (Å²) >= 11 is 0. The first kappa shape index (κ1) is 13.7. The predicted octanol–water partition coefficient (Wildman–Crippen LogP) is -0.316. The van der Waals surface area contributed by atoms with Crippen LogP contribution in [0.25, 0.3) is 5.95 Å². The average molecular weight is 289 g/mol. The highest BCUT2D eigenvalue weighted by atomic mass is 15.4. The number of anilines is 2. The summed E-state index contributed by atoms with van der Waals surface area (Å²) in [6.07, 6.45) is 4.06. The van der Waals surface area contributed by atoms with Gasteiger partial charge in [-0.2, -0.15) is 24.7 Å². The van der Waals surface area contributed by atoms with Gasteiger partial charge in [0.05, 0.1) is 0 Å². The second kappa shape index (κ2) is 6.44. The number of piperazine rings is 1. The maximum Gasteiger partial charge on any atom is 0.258 e. The molecule has 0 radical (unpaired) electrons. The molecule has 9 nitrogen and oxygen atoms in total. The molecule has 0 amide bonds. The molecule has 21 heavy (non-hydrogen) atoms. The van der Waals surface area contributed by atoms with Crippen molar-refractivity contribution in [2.45, 2.75) is 13.3 Å². The molecule has 2 N–H and O–H groups in total. The zero-order chi connectivity index (χ0) is 14.5. The van der Waals surface area contributed by atoms with Crippen molar-refractivity contribution in [3.63, 3.8) is 0 Å². The summed E-state index contributed by atoms with van der Waals surface area (Å²) in [5.74, 6) is 1.73. The predicted molar refractivity (Wildman–Crippen MR) is 78.6 cm³/mol. The third-order valence-electron chi connectivity index (χ3n) is 3.17. The van der Waals surface area contributed by atoms with Gasteiger partial charge in [-0.05, 0) is 6.42 Å². The van der Waals surface area contributed by atoms with Gasteiger partial charge in [0.15, 0.2) is 0 Å². The van der Waals surface area contributed by atoms with Crippen molar-refractivity contribution in [3.8, 4) is 5.95 Å². The van der Waals surface area contributed by atoms with Gasteiger partial charge in [0, 0.05) is 32.7 Å². The van der Waals surface area contributed by atoms with E-state index in [9.17, 15) is 0 Å². The molecule has 3 heterocycles. The van der Waals surface area contributed by atoms with E-state index in [1.165, 1.54) is 6.33 Å². The Hall–Kier alpha value is -2.29. The molecule has 0 bridgehead atoms. The zero-order valence-electron chi connectivity index (χ0n) is 12.0. The maximum atomic E-state index is 4.51. The van der Waals surface area contributed by atoms with Crippen LogP contribution < -0.4 is 15.5 Å². The van der Waals surface area contributed by atoms with Gasteiger partial charge in [0.2, 0.25) is 11.9 Å². The van der Waals surface area contributed by atoms with E-state index in [-0.39, 0.29) is 0 Å². The van der Waals surface area contributed by atoms with Gasteiger partial charge in [0.1, 0.15) is 12.7 Å². The van der Waals surface area contributed by atoms with Gasteiger partial charge in [0.25, 0.3) is 5.95 Å². The van der Waals surface area contributed by atoms with Crippen LogP contribution in [0.2, 0.25) is 0 Å². The molecule has 0 aromatic carbocycles. The van der Waals surface area contributed by atoms with E-state index in [1.807, 2.05) is 0 Å². The van der Waals surface area contributed by atoms with Crippen LogP contribution in [0.1, 0.15) is 13.3 Å². The fraction of sp³-hybridized carbons (Fsp3) is 0.583. The molecule has 0 unspecified atom stereocenters. The van der Waals surface area contributed by atoms with Gasteiger partial charge >= 0.3 is 0 Å². The van der Waals surface area contributed by atoms with Gasteiger partial charge in [-0.3, -0.25) is 0 Å². The SMILES string of the molecule is CCCNc1nc(N2CCNCC2)nc(-n2cncn2)n1. The molecule has 1 aliphatic heterocycles. The summed E-state index contributed by atoms with van der Waals surface area (Å²) in [6.45, 7) is 6.55. The lowest BCUT2D eigenvalue weighted by Gasteiger charge is -2.27. The number of hydrogen-bond donors (Lipinski definition) is 2. The van der Waals surface area contributed by atoms with Crippen molar-refractivity contribution < 1.29 is 0 Å². The average Bonchev–Trinajstić information content (AvgIpc) is 3.08. The van der Waals surface area contributed by atoms with Crippen LogP contribution in [0.4, 0.5) is 11.9 Å². The van der Waals surface area contributed by atoms with E-state index in [2.05, 4.69) is 47.5 Å². The van der Waals surface area contributed by atoms with E-state index in [1.54, 1.807) is 11.0 Å². The van der Waals surface area contributed by atoms with Crippen LogP contribution in [-0.2, 0) is 0 Å². The molecule has 2 aromatic rings. The summed E-state index contributed by atoms with van der Waals surface area (Å²) in [7, 11) is 0. The Morgan fingerprint density at radius 2 is 2.00 bits per heavy atom. The summed E-state index contributed by atoms with van der Waals surface area (Å²) in [5, 5.41) is 10.6. The smallest absolute Gasteiger partial charge is 0.258 e. The van der Waals surface area contributed by atoms with Crippen LogP contribution >= 0.6 is 0 Å².